The summed E-state index contributed by atoms with van der Waals surface area (Å²) < 4.78 is 0. The summed E-state index contributed by atoms with van der Waals surface area (Å²) in [5.74, 6) is 0.387. The lowest BCUT2D eigenvalue weighted by molar-refractivity contribution is -0.120. The number of thioether (sulfide) groups is 1. The molecule has 0 unspecified atom stereocenters. The maximum absolute atomic E-state index is 12.5. The fourth-order valence-electron chi connectivity index (χ4n) is 2.99. The van der Waals surface area contributed by atoms with Crippen molar-refractivity contribution in [2.75, 3.05) is 0 Å². The number of allylic oxidation sites excluding steroid dienone is 1. The van der Waals surface area contributed by atoms with Crippen LogP contribution in [0.2, 0.25) is 0 Å². The van der Waals surface area contributed by atoms with Gasteiger partial charge in [-0.3, -0.25) is 4.79 Å². The van der Waals surface area contributed by atoms with Crippen molar-refractivity contribution in [2.24, 2.45) is 5.10 Å². The number of hydrogen-bond donors (Lipinski definition) is 2. The number of imidazole rings is 1. The molecule has 1 heterocycles. The number of hydrazone groups is 1. The van der Waals surface area contributed by atoms with E-state index in [9.17, 15) is 4.79 Å². The lowest BCUT2D eigenvalue weighted by atomic mass is 10.0. The van der Waals surface area contributed by atoms with E-state index < -0.39 is 0 Å². The van der Waals surface area contributed by atoms with Gasteiger partial charge in [0.15, 0.2) is 5.16 Å². The van der Waals surface area contributed by atoms with Gasteiger partial charge in [0.1, 0.15) is 0 Å². The molecule has 1 amide bonds. The molecule has 0 saturated carbocycles. The molecule has 1 aromatic heterocycles. The number of para-hydroxylation sites is 2. The summed E-state index contributed by atoms with van der Waals surface area (Å²) >= 11 is 1.42. The van der Waals surface area contributed by atoms with Crippen molar-refractivity contribution < 1.29 is 4.79 Å². The van der Waals surface area contributed by atoms with Gasteiger partial charge < -0.3 is 4.98 Å². The van der Waals surface area contributed by atoms with Crippen molar-refractivity contribution in [3.8, 4) is 0 Å². The van der Waals surface area contributed by atoms with Gasteiger partial charge in [0.2, 0.25) is 0 Å². The topological polar surface area (TPSA) is 70.1 Å². The Labute approximate surface area is 182 Å². The smallest absolute Gasteiger partial charge is 0.253 e. The zero-order valence-electron chi connectivity index (χ0n) is 17.8. The van der Waals surface area contributed by atoms with Gasteiger partial charge >= 0.3 is 0 Å². The standard InChI is InChI=1S/C24H28N4OS/c1-5-22(30-24-26-20-8-6-7-9-21(20)27-24)23(29)28-25-15-17(4)14-18-10-12-19(13-11-18)16(2)3/h6-16,22H,5H2,1-4H3,(H,26,27)(H,28,29)/b17-14-,25-15-/t22-/m1/s1. The molecule has 2 aromatic carbocycles. The molecule has 0 spiro atoms. The van der Waals surface area contributed by atoms with Crippen LogP contribution in [0.4, 0.5) is 0 Å². The molecule has 5 nitrogen and oxygen atoms in total. The first-order valence-corrected chi connectivity index (χ1v) is 11.1. The minimum Gasteiger partial charge on any atom is -0.333 e. The lowest BCUT2D eigenvalue weighted by Crippen LogP contribution is -2.28. The number of hydrogen-bond acceptors (Lipinski definition) is 4. The van der Waals surface area contributed by atoms with Gasteiger partial charge in [-0.05, 0) is 48.1 Å². The average molecular weight is 421 g/mol. The molecular weight excluding hydrogens is 392 g/mol. The van der Waals surface area contributed by atoms with E-state index in [2.05, 4.69) is 58.6 Å². The number of amides is 1. The van der Waals surface area contributed by atoms with Crippen molar-refractivity contribution in [3.63, 3.8) is 0 Å². The summed E-state index contributed by atoms with van der Waals surface area (Å²) in [6, 6.07) is 16.3. The number of aromatic amines is 1. The first kappa shape index (κ1) is 21.8. The molecule has 3 aromatic rings. The van der Waals surface area contributed by atoms with E-state index in [1.807, 2.05) is 44.2 Å². The molecule has 156 valence electrons. The molecular formula is C24H28N4OS. The summed E-state index contributed by atoms with van der Waals surface area (Å²) in [7, 11) is 0. The van der Waals surface area contributed by atoms with E-state index in [-0.39, 0.29) is 11.2 Å². The number of rotatable bonds is 8. The number of carbonyl (C=O) groups is 1. The molecule has 0 aliphatic carbocycles. The summed E-state index contributed by atoms with van der Waals surface area (Å²) in [6.45, 7) is 8.31. The van der Waals surface area contributed by atoms with E-state index in [0.29, 0.717) is 12.3 Å². The van der Waals surface area contributed by atoms with Crippen molar-refractivity contribution in [2.45, 2.75) is 50.4 Å². The molecule has 0 saturated heterocycles. The molecule has 0 radical (unpaired) electrons. The van der Waals surface area contributed by atoms with Gasteiger partial charge in [-0.2, -0.15) is 5.10 Å². The second-order valence-electron chi connectivity index (χ2n) is 7.52. The number of carbonyl (C=O) groups excluding carboxylic acids is 1. The molecule has 0 fully saturated rings. The number of nitrogens with zero attached hydrogens (tertiary/aromatic N) is 2. The van der Waals surface area contributed by atoms with E-state index in [4.69, 9.17) is 0 Å². The van der Waals surface area contributed by atoms with Crippen LogP contribution in [0.5, 0.6) is 0 Å². The summed E-state index contributed by atoms with van der Waals surface area (Å²) in [6.07, 6.45) is 4.40. The Bertz CT molecular complexity index is 1020. The Kier molecular flexibility index (Phi) is 7.46. The van der Waals surface area contributed by atoms with Crippen molar-refractivity contribution in [1.82, 2.24) is 15.4 Å². The lowest BCUT2D eigenvalue weighted by Gasteiger charge is -2.10. The van der Waals surface area contributed by atoms with Crippen LogP contribution < -0.4 is 5.43 Å². The van der Waals surface area contributed by atoms with Crippen molar-refractivity contribution in [1.29, 1.82) is 0 Å². The maximum atomic E-state index is 12.5. The van der Waals surface area contributed by atoms with Crippen LogP contribution in [0.3, 0.4) is 0 Å². The highest BCUT2D eigenvalue weighted by atomic mass is 32.2. The molecule has 1 atom stereocenters. The molecule has 0 bridgehead atoms. The first-order valence-electron chi connectivity index (χ1n) is 10.2. The number of benzene rings is 2. The van der Waals surface area contributed by atoms with Gasteiger partial charge in [-0.1, -0.05) is 75.0 Å². The quantitative estimate of drug-likeness (QED) is 0.276. The molecule has 30 heavy (non-hydrogen) atoms. The Morgan fingerprint density at radius 2 is 1.93 bits per heavy atom. The third-order valence-electron chi connectivity index (χ3n) is 4.73. The Hall–Kier alpha value is -2.86. The van der Waals surface area contributed by atoms with Crippen molar-refractivity contribution >= 4 is 41.0 Å². The van der Waals surface area contributed by atoms with E-state index in [1.54, 1.807) is 6.21 Å². The highest BCUT2D eigenvalue weighted by Crippen LogP contribution is 2.25. The second kappa shape index (κ2) is 10.3. The molecule has 3 rings (SSSR count). The van der Waals surface area contributed by atoms with Crippen LogP contribution in [0.1, 0.15) is 51.2 Å². The van der Waals surface area contributed by atoms with Crippen LogP contribution in [-0.4, -0.2) is 27.3 Å². The first-order chi connectivity index (χ1) is 14.5. The average Bonchev–Trinajstić information content (AvgIpc) is 3.14. The predicted octanol–water partition coefficient (Wildman–Crippen LogP) is 5.76. The van der Waals surface area contributed by atoms with Crippen LogP contribution >= 0.6 is 11.8 Å². The summed E-state index contributed by atoms with van der Waals surface area (Å²) in [4.78, 5) is 20.3. The minimum atomic E-state index is -0.268. The molecule has 2 N–H and O–H groups in total. The highest BCUT2D eigenvalue weighted by molar-refractivity contribution is 8.00. The van der Waals surface area contributed by atoms with Gasteiger partial charge in [0.25, 0.3) is 5.91 Å². The van der Waals surface area contributed by atoms with Crippen LogP contribution in [0, 0.1) is 0 Å². The highest BCUT2D eigenvalue weighted by Gasteiger charge is 2.19. The largest absolute Gasteiger partial charge is 0.333 e. The maximum Gasteiger partial charge on any atom is 0.253 e. The Balaban J connectivity index is 1.57. The minimum absolute atomic E-state index is 0.131. The zero-order valence-corrected chi connectivity index (χ0v) is 18.7. The number of fused-ring (bicyclic) bond motifs is 1. The van der Waals surface area contributed by atoms with Gasteiger partial charge in [0.05, 0.1) is 22.5 Å². The van der Waals surface area contributed by atoms with Crippen LogP contribution in [-0.2, 0) is 4.79 Å². The van der Waals surface area contributed by atoms with E-state index in [0.717, 1.165) is 27.3 Å². The monoisotopic (exact) mass is 420 g/mol. The molecule has 0 aliphatic heterocycles. The molecule has 0 aliphatic rings. The fraction of sp³-hybridized carbons (Fsp3) is 0.292. The SMILES string of the molecule is CC[C@@H](Sc1nc2ccccc2[nH]1)C(=O)N/N=C\C(C)=C/c1ccc(C(C)C)cc1. The van der Waals surface area contributed by atoms with Crippen molar-refractivity contribution in [3.05, 3.63) is 65.2 Å². The van der Waals surface area contributed by atoms with Gasteiger partial charge in [-0.25, -0.2) is 10.4 Å². The number of nitrogens with one attached hydrogen (secondary N) is 2. The number of aromatic nitrogens is 2. The second-order valence-corrected chi connectivity index (χ2v) is 8.71. The third-order valence-corrected chi connectivity index (χ3v) is 5.97. The summed E-state index contributed by atoms with van der Waals surface area (Å²) in [5.41, 5.74) is 7.92. The fourth-order valence-corrected chi connectivity index (χ4v) is 3.91. The van der Waals surface area contributed by atoms with E-state index >= 15 is 0 Å². The Morgan fingerprint density at radius 3 is 2.60 bits per heavy atom. The normalized spacial score (nSPS) is 13.3. The Morgan fingerprint density at radius 1 is 1.20 bits per heavy atom. The molecule has 6 heteroatoms. The predicted molar refractivity (Wildman–Crippen MR) is 127 cm³/mol. The van der Waals surface area contributed by atoms with Gasteiger partial charge in [0, 0.05) is 0 Å². The third kappa shape index (κ3) is 5.83. The van der Waals surface area contributed by atoms with E-state index in [1.165, 1.54) is 17.3 Å². The number of H-pyrrole nitrogens is 1. The van der Waals surface area contributed by atoms with Crippen LogP contribution in [0.15, 0.2) is 64.4 Å². The van der Waals surface area contributed by atoms with Gasteiger partial charge in [-0.15, -0.1) is 0 Å². The van der Waals surface area contributed by atoms with Crippen LogP contribution in [0.25, 0.3) is 17.1 Å². The zero-order chi connectivity index (χ0) is 21.5. The summed E-state index contributed by atoms with van der Waals surface area (Å²) in [5, 5.41) is 4.60.